The van der Waals surface area contributed by atoms with Crippen molar-refractivity contribution in [2.24, 2.45) is 0 Å². The van der Waals surface area contributed by atoms with E-state index in [4.69, 9.17) is 4.74 Å². The Morgan fingerprint density at radius 3 is 2.45 bits per heavy atom. The summed E-state index contributed by atoms with van der Waals surface area (Å²) in [6.45, 7) is 6.10. The Balaban J connectivity index is 0.00000180. The number of methoxy groups -OCH3 is 1. The second kappa shape index (κ2) is 8.95. The molecule has 1 aromatic rings. The normalized spacial score (nSPS) is 16.8. The molecule has 1 aliphatic rings. The molecule has 0 saturated carbocycles. The van der Waals surface area contributed by atoms with Gasteiger partial charge in [0.1, 0.15) is 0 Å². The summed E-state index contributed by atoms with van der Waals surface area (Å²) in [5.74, 6) is 0.757. The van der Waals surface area contributed by atoms with E-state index in [1.807, 2.05) is 6.07 Å². The lowest BCUT2D eigenvalue weighted by Gasteiger charge is -2.33. The number of aromatic hydroxyl groups is 1. The lowest BCUT2D eigenvalue weighted by Crippen LogP contribution is -2.44. The van der Waals surface area contributed by atoms with Gasteiger partial charge in [0.05, 0.1) is 7.11 Å². The zero-order valence-electron chi connectivity index (χ0n) is 11.6. The van der Waals surface area contributed by atoms with Crippen molar-refractivity contribution < 1.29 is 9.84 Å². The smallest absolute Gasteiger partial charge is 0.162 e. The molecule has 0 aromatic heterocycles. The molecule has 1 heterocycles. The van der Waals surface area contributed by atoms with Crippen LogP contribution >= 0.6 is 40.7 Å². The van der Waals surface area contributed by atoms with Crippen LogP contribution in [0.4, 0.5) is 0 Å². The second-order valence-electron chi connectivity index (χ2n) is 4.51. The van der Waals surface area contributed by atoms with E-state index in [0.717, 1.165) is 36.2 Å². The van der Waals surface area contributed by atoms with Crippen LogP contribution in [-0.4, -0.2) is 43.3 Å². The third-order valence-electron chi connectivity index (χ3n) is 3.44. The van der Waals surface area contributed by atoms with Crippen molar-refractivity contribution in [2.45, 2.75) is 13.0 Å². The lowest BCUT2D eigenvalue weighted by atomic mass is 10.0. The van der Waals surface area contributed by atoms with Crippen molar-refractivity contribution in [1.29, 1.82) is 0 Å². The minimum Gasteiger partial charge on any atom is -0.504 e. The summed E-state index contributed by atoms with van der Waals surface area (Å²) in [6, 6.07) is 3.92. The maximum Gasteiger partial charge on any atom is 0.162 e. The number of rotatable bonds is 3. The molecule has 2 N–H and O–H groups in total. The van der Waals surface area contributed by atoms with Crippen molar-refractivity contribution in [3.8, 4) is 11.5 Å². The molecule has 2 rings (SSSR count). The minimum atomic E-state index is 0. The molecule has 0 radical (unpaired) electrons. The van der Waals surface area contributed by atoms with E-state index in [9.17, 15) is 5.11 Å². The molecule has 1 fully saturated rings. The van der Waals surface area contributed by atoms with Crippen LogP contribution in [0.5, 0.6) is 11.5 Å². The molecule has 0 aliphatic carbocycles. The largest absolute Gasteiger partial charge is 0.504 e. The fourth-order valence-corrected chi connectivity index (χ4v) is 2.79. The van der Waals surface area contributed by atoms with Gasteiger partial charge < -0.3 is 15.2 Å². The Morgan fingerprint density at radius 2 is 1.90 bits per heavy atom. The Hall–Kier alpha value is -0.200. The standard InChI is InChI=1S/C13H19BrN2O2.2ClH/c1-9(16-5-3-15-4-6-16)11-7-10(14)8-12(18-2)13(11)17;;/h7-9,15,17H,3-6H2,1-2H3;2*1H/t9-;;/m1../s1. The van der Waals surface area contributed by atoms with Crippen LogP contribution in [0.1, 0.15) is 18.5 Å². The molecular formula is C13H21BrCl2N2O2. The van der Waals surface area contributed by atoms with Crippen molar-refractivity contribution in [3.63, 3.8) is 0 Å². The van der Waals surface area contributed by atoms with E-state index >= 15 is 0 Å². The SMILES string of the molecule is COc1cc(Br)cc([C@@H](C)N2CCNCC2)c1O.Cl.Cl. The van der Waals surface area contributed by atoms with Gasteiger partial charge in [0, 0.05) is 42.3 Å². The molecule has 0 amide bonds. The number of hydrogen-bond donors (Lipinski definition) is 2. The topological polar surface area (TPSA) is 44.7 Å². The highest BCUT2D eigenvalue weighted by molar-refractivity contribution is 9.10. The molecule has 4 nitrogen and oxygen atoms in total. The highest BCUT2D eigenvalue weighted by Gasteiger charge is 2.22. The molecule has 1 aliphatic heterocycles. The number of nitrogens with zero attached hydrogens (tertiary/aromatic N) is 1. The third kappa shape index (κ3) is 4.40. The van der Waals surface area contributed by atoms with Gasteiger partial charge in [-0.25, -0.2) is 0 Å². The zero-order valence-corrected chi connectivity index (χ0v) is 14.8. The van der Waals surface area contributed by atoms with Crippen LogP contribution in [0.15, 0.2) is 16.6 Å². The first kappa shape index (κ1) is 19.8. The average Bonchev–Trinajstić information content (AvgIpc) is 2.41. The summed E-state index contributed by atoms with van der Waals surface area (Å²) in [5, 5.41) is 13.6. The number of nitrogens with one attached hydrogen (secondary N) is 1. The number of ether oxygens (including phenoxy) is 1. The van der Waals surface area contributed by atoms with Crippen LogP contribution in [-0.2, 0) is 0 Å². The quantitative estimate of drug-likeness (QED) is 0.836. The number of halogens is 3. The molecule has 1 aromatic carbocycles. The molecule has 1 saturated heterocycles. The number of hydrogen-bond acceptors (Lipinski definition) is 4. The summed E-state index contributed by atoms with van der Waals surface area (Å²) in [6.07, 6.45) is 0. The average molecular weight is 388 g/mol. The van der Waals surface area contributed by atoms with Gasteiger partial charge in [-0.15, -0.1) is 24.8 Å². The molecule has 20 heavy (non-hydrogen) atoms. The van der Waals surface area contributed by atoms with Crippen LogP contribution in [0.3, 0.4) is 0 Å². The van der Waals surface area contributed by atoms with Crippen molar-refractivity contribution >= 4 is 40.7 Å². The van der Waals surface area contributed by atoms with Crippen molar-refractivity contribution in [2.75, 3.05) is 33.3 Å². The zero-order chi connectivity index (χ0) is 13.1. The van der Waals surface area contributed by atoms with Crippen LogP contribution in [0.2, 0.25) is 0 Å². The maximum absolute atomic E-state index is 10.2. The predicted octanol–water partition coefficient (Wildman–Crippen LogP) is 2.97. The number of piperazine rings is 1. The van der Waals surface area contributed by atoms with Gasteiger partial charge in [-0.05, 0) is 19.1 Å². The first-order valence-electron chi connectivity index (χ1n) is 6.14. The summed E-state index contributed by atoms with van der Waals surface area (Å²) < 4.78 is 6.12. The van der Waals surface area contributed by atoms with E-state index in [1.54, 1.807) is 13.2 Å². The molecule has 0 unspecified atom stereocenters. The van der Waals surface area contributed by atoms with Crippen LogP contribution in [0.25, 0.3) is 0 Å². The highest BCUT2D eigenvalue weighted by Crippen LogP contribution is 2.38. The predicted molar refractivity (Wildman–Crippen MR) is 89.7 cm³/mol. The Kier molecular flexibility index (Phi) is 8.86. The number of phenolic OH excluding ortho intramolecular Hbond substituents is 1. The summed E-state index contributed by atoms with van der Waals surface area (Å²) in [4.78, 5) is 2.36. The molecule has 116 valence electrons. The molecular weight excluding hydrogens is 367 g/mol. The summed E-state index contributed by atoms with van der Waals surface area (Å²) in [7, 11) is 1.57. The van der Waals surface area contributed by atoms with E-state index < -0.39 is 0 Å². The lowest BCUT2D eigenvalue weighted by molar-refractivity contribution is 0.182. The Morgan fingerprint density at radius 1 is 1.30 bits per heavy atom. The Labute approximate surface area is 140 Å². The summed E-state index contributed by atoms with van der Waals surface area (Å²) >= 11 is 3.46. The second-order valence-corrected chi connectivity index (χ2v) is 5.42. The maximum atomic E-state index is 10.2. The van der Waals surface area contributed by atoms with Gasteiger partial charge in [-0.1, -0.05) is 15.9 Å². The van der Waals surface area contributed by atoms with E-state index in [-0.39, 0.29) is 36.6 Å². The van der Waals surface area contributed by atoms with Gasteiger partial charge >= 0.3 is 0 Å². The molecule has 0 bridgehead atoms. The van der Waals surface area contributed by atoms with E-state index in [2.05, 4.69) is 33.1 Å². The monoisotopic (exact) mass is 386 g/mol. The first-order chi connectivity index (χ1) is 8.63. The van der Waals surface area contributed by atoms with Gasteiger partial charge in [-0.2, -0.15) is 0 Å². The van der Waals surface area contributed by atoms with E-state index in [1.165, 1.54) is 0 Å². The Bertz CT molecular complexity index is 429. The number of benzene rings is 1. The molecule has 0 spiro atoms. The van der Waals surface area contributed by atoms with Gasteiger partial charge in [0.2, 0.25) is 0 Å². The van der Waals surface area contributed by atoms with Crippen molar-refractivity contribution in [1.82, 2.24) is 10.2 Å². The molecule has 1 atom stereocenters. The number of phenols is 1. The fraction of sp³-hybridized carbons (Fsp3) is 0.538. The van der Waals surface area contributed by atoms with Crippen LogP contribution < -0.4 is 10.1 Å². The fourth-order valence-electron chi connectivity index (χ4n) is 2.33. The van der Waals surface area contributed by atoms with Crippen LogP contribution in [0, 0.1) is 0 Å². The summed E-state index contributed by atoms with van der Waals surface area (Å²) in [5.41, 5.74) is 0.906. The van der Waals surface area contributed by atoms with Crippen molar-refractivity contribution in [3.05, 3.63) is 22.2 Å². The third-order valence-corrected chi connectivity index (χ3v) is 3.90. The minimum absolute atomic E-state index is 0. The van der Waals surface area contributed by atoms with Gasteiger partial charge in [-0.3, -0.25) is 4.90 Å². The molecule has 7 heteroatoms. The first-order valence-corrected chi connectivity index (χ1v) is 6.94. The van der Waals surface area contributed by atoms with Gasteiger partial charge in [0.25, 0.3) is 0 Å². The van der Waals surface area contributed by atoms with Gasteiger partial charge in [0.15, 0.2) is 11.5 Å². The van der Waals surface area contributed by atoms with E-state index in [0.29, 0.717) is 5.75 Å². The highest BCUT2D eigenvalue weighted by atomic mass is 79.9.